The Morgan fingerprint density at radius 3 is 2.32 bits per heavy atom. The zero-order chi connectivity index (χ0) is 27.5. The van der Waals surface area contributed by atoms with Crippen LogP contribution in [0.3, 0.4) is 0 Å². The van der Waals surface area contributed by atoms with Gasteiger partial charge < -0.3 is 31.8 Å². The molecule has 0 aliphatic carbocycles. The lowest BCUT2D eigenvalue weighted by molar-refractivity contribution is -0.138. The maximum Gasteiger partial charge on any atom is 0.322 e. The second kappa shape index (κ2) is 14.2. The summed E-state index contributed by atoms with van der Waals surface area (Å²) in [5.41, 5.74) is 8.89. The van der Waals surface area contributed by atoms with Crippen molar-refractivity contribution in [3.63, 3.8) is 0 Å². The van der Waals surface area contributed by atoms with E-state index < -0.39 is 48.4 Å². The molecule has 202 valence electrons. The van der Waals surface area contributed by atoms with Gasteiger partial charge in [0.15, 0.2) is 0 Å². The van der Waals surface area contributed by atoms with Crippen molar-refractivity contribution < 1.29 is 24.3 Å². The van der Waals surface area contributed by atoms with Gasteiger partial charge in [-0.15, -0.1) is 0 Å². The normalized spacial score (nSPS) is 13.3. The summed E-state index contributed by atoms with van der Waals surface area (Å²) in [6.07, 6.45) is 4.43. The van der Waals surface area contributed by atoms with Crippen LogP contribution in [0.5, 0.6) is 0 Å². The lowest BCUT2D eigenvalue weighted by Crippen LogP contribution is -2.57. The largest absolute Gasteiger partial charge is 0.480 e. The molecule has 0 fully saturated rings. The highest BCUT2D eigenvalue weighted by Gasteiger charge is 2.28. The predicted molar refractivity (Wildman–Crippen MR) is 148 cm³/mol. The Balaban J connectivity index is 1.73. The van der Waals surface area contributed by atoms with Crippen molar-refractivity contribution in [2.24, 2.45) is 5.73 Å². The minimum absolute atomic E-state index is 0.185. The van der Waals surface area contributed by atoms with Crippen LogP contribution < -0.4 is 21.7 Å². The summed E-state index contributed by atoms with van der Waals surface area (Å²) in [4.78, 5) is 53.1. The minimum Gasteiger partial charge on any atom is -0.480 e. The van der Waals surface area contributed by atoms with Gasteiger partial charge in [-0.25, -0.2) is 0 Å². The number of carbonyl (C=O) groups is 4. The number of aromatic amines is 1. The number of hydrogen-bond donors (Lipinski definition) is 6. The molecule has 3 unspecified atom stereocenters. The highest BCUT2D eigenvalue weighted by Crippen LogP contribution is 2.19. The molecule has 0 aliphatic heterocycles. The van der Waals surface area contributed by atoms with Crippen molar-refractivity contribution >= 4 is 46.4 Å². The number of nitrogens with one attached hydrogen (secondary N) is 4. The van der Waals surface area contributed by atoms with E-state index in [9.17, 15) is 19.2 Å². The van der Waals surface area contributed by atoms with E-state index in [0.717, 1.165) is 22.0 Å². The second-order valence-electron chi connectivity index (χ2n) is 8.88. The molecular formula is C27H33N5O5S. The van der Waals surface area contributed by atoms with E-state index in [1.807, 2.05) is 67.0 Å². The molecule has 7 N–H and O–H groups in total. The van der Waals surface area contributed by atoms with E-state index in [0.29, 0.717) is 12.2 Å². The monoisotopic (exact) mass is 539 g/mol. The van der Waals surface area contributed by atoms with Gasteiger partial charge in [0.2, 0.25) is 17.7 Å². The maximum atomic E-state index is 13.3. The highest BCUT2D eigenvalue weighted by atomic mass is 32.2. The Morgan fingerprint density at radius 2 is 1.61 bits per heavy atom. The second-order valence-corrected chi connectivity index (χ2v) is 9.86. The van der Waals surface area contributed by atoms with Crippen molar-refractivity contribution in [1.29, 1.82) is 0 Å². The summed E-state index contributed by atoms with van der Waals surface area (Å²) in [5, 5.41) is 17.6. The first-order valence-electron chi connectivity index (χ1n) is 12.2. The number of carboxylic acid groups (broad SMARTS) is 1. The van der Waals surface area contributed by atoms with Crippen molar-refractivity contribution in [1.82, 2.24) is 20.9 Å². The Bertz CT molecular complexity index is 1250. The number of thioether (sulfide) groups is 1. The summed E-state index contributed by atoms with van der Waals surface area (Å²) in [6, 6.07) is 14.0. The first kappa shape index (κ1) is 28.7. The average molecular weight is 540 g/mol. The van der Waals surface area contributed by atoms with Gasteiger partial charge in [0.05, 0.1) is 6.04 Å². The molecule has 3 rings (SSSR count). The molecule has 3 amide bonds. The van der Waals surface area contributed by atoms with Crippen LogP contribution in [-0.2, 0) is 32.0 Å². The molecule has 0 saturated carbocycles. The number of rotatable bonds is 14. The molecule has 1 aromatic heterocycles. The molecular weight excluding hydrogens is 506 g/mol. The molecule has 38 heavy (non-hydrogen) atoms. The van der Waals surface area contributed by atoms with Gasteiger partial charge in [-0.3, -0.25) is 19.2 Å². The number of nitrogens with two attached hydrogens (primary N) is 1. The van der Waals surface area contributed by atoms with Crippen molar-refractivity contribution in [3.05, 3.63) is 71.9 Å². The SMILES string of the molecule is CSCCC(NC(=O)C(Cc1ccccc1)NC(=O)C(N)Cc1c[nH]c2ccccc12)C(=O)NCC(=O)O. The van der Waals surface area contributed by atoms with Crippen LogP contribution in [0.4, 0.5) is 0 Å². The lowest BCUT2D eigenvalue weighted by Gasteiger charge is -2.24. The number of aliphatic carboxylic acids is 1. The van der Waals surface area contributed by atoms with Gasteiger partial charge in [-0.2, -0.15) is 11.8 Å². The van der Waals surface area contributed by atoms with E-state index in [4.69, 9.17) is 10.8 Å². The minimum atomic E-state index is -1.19. The fraction of sp³-hybridized carbons (Fsp3) is 0.333. The zero-order valence-electron chi connectivity index (χ0n) is 21.1. The number of carbonyl (C=O) groups excluding carboxylic acids is 3. The number of aromatic nitrogens is 1. The average Bonchev–Trinajstić information content (AvgIpc) is 3.32. The summed E-state index contributed by atoms with van der Waals surface area (Å²) < 4.78 is 0. The van der Waals surface area contributed by atoms with Gasteiger partial charge in [0, 0.05) is 23.5 Å². The van der Waals surface area contributed by atoms with Gasteiger partial charge in [-0.1, -0.05) is 48.5 Å². The number of fused-ring (bicyclic) bond motifs is 1. The number of H-pyrrole nitrogens is 1. The first-order valence-corrected chi connectivity index (χ1v) is 13.6. The Kier molecular flexibility index (Phi) is 10.7. The standard InChI is InChI=1S/C27H33N5O5S/c1-38-12-11-22(26(36)30-16-24(33)34)31-27(37)23(13-17-7-3-2-4-8-17)32-25(35)20(28)14-18-15-29-21-10-6-5-9-19(18)21/h2-10,15,20,22-23,29H,11-14,16,28H2,1H3,(H,30,36)(H,31,37)(H,32,35)(H,33,34). The number of carboxylic acids is 1. The van der Waals surface area contributed by atoms with E-state index in [-0.39, 0.29) is 12.8 Å². The smallest absolute Gasteiger partial charge is 0.322 e. The molecule has 2 aromatic carbocycles. The number of benzene rings is 2. The third-order valence-electron chi connectivity index (χ3n) is 6.02. The maximum absolute atomic E-state index is 13.3. The number of amides is 3. The van der Waals surface area contributed by atoms with Crippen LogP contribution in [-0.4, -0.2) is 70.5 Å². The van der Waals surface area contributed by atoms with Gasteiger partial charge in [0.25, 0.3) is 0 Å². The summed E-state index contributed by atoms with van der Waals surface area (Å²) in [5.74, 6) is -2.28. The van der Waals surface area contributed by atoms with Crippen LogP contribution in [0.25, 0.3) is 10.9 Å². The summed E-state index contributed by atoms with van der Waals surface area (Å²) >= 11 is 1.49. The molecule has 0 saturated heterocycles. The van der Waals surface area contributed by atoms with Gasteiger partial charge >= 0.3 is 5.97 Å². The van der Waals surface area contributed by atoms with Crippen LogP contribution in [0, 0.1) is 0 Å². The van der Waals surface area contributed by atoms with Crippen molar-refractivity contribution in [3.8, 4) is 0 Å². The lowest BCUT2D eigenvalue weighted by atomic mass is 10.0. The Morgan fingerprint density at radius 1 is 0.921 bits per heavy atom. The van der Waals surface area contributed by atoms with Crippen LogP contribution >= 0.6 is 11.8 Å². The number of para-hydroxylation sites is 1. The third-order valence-corrected chi connectivity index (χ3v) is 6.67. The fourth-order valence-corrected chi connectivity index (χ4v) is 4.50. The highest BCUT2D eigenvalue weighted by molar-refractivity contribution is 7.98. The zero-order valence-corrected chi connectivity index (χ0v) is 21.9. The molecule has 0 bridgehead atoms. The molecule has 3 atom stereocenters. The molecule has 0 aliphatic rings. The molecule has 0 spiro atoms. The van der Waals surface area contributed by atoms with E-state index >= 15 is 0 Å². The van der Waals surface area contributed by atoms with E-state index in [2.05, 4.69) is 20.9 Å². The van der Waals surface area contributed by atoms with Crippen molar-refractivity contribution in [2.75, 3.05) is 18.6 Å². The fourth-order valence-electron chi connectivity index (χ4n) is 4.03. The summed E-state index contributed by atoms with van der Waals surface area (Å²) in [7, 11) is 0. The van der Waals surface area contributed by atoms with Crippen LogP contribution in [0.15, 0.2) is 60.8 Å². The predicted octanol–water partition coefficient (Wildman–Crippen LogP) is 1.20. The van der Waals surface area contributed by atoms with Crippen LogP contribution in [0.1, 0.15) is 17.5 Å². The molecule has 11 heteroatoms. The molecule has 10 nitrogen and oxygen atoms in total. The summed E-state index contributed by atoms with van der Waals surface area (Å²) in [6.45, 7) is -0.558. The van der Waals surface area contributed by atoms with Crippen LogP contribution in [0.2, 0.25) is 0 Å². The molecule has 3 aromatic rings. The molecule has 1 heterocycles. The quantitative estimate of drug-likeness (QED) is 0.179. The molecule has 0 radical (unpaired) electrons. The topological polar surface area (TPSA) is 166 Å². The van der Waals surface area contributed by atoms with E-state index in [1.54, 1.807) is 0 Å². The first-order chi connectivity index (χ1) is 18.3. The van der Waals surface area contributed by atoms with Gasteiger partial charge in [0.1, 0.15) is 18.6 Å². The van der Waals surface area contributed by atoms with Crippen molar-refractivity contribution in [2.45, 2.75) is 37.4 Å². The Hall–Kier alpha value is -3.83. The number of hydrogen-bond acceptors (Lipinski definition) is 6. The van der Waals surface area contributed by atoms with E-state index in [1.165, 1.54) is 11.8 Å². The Labute approximate surface area is 225 Å². The van der Waals surface area contributed by atoms with Gasteiger partial charge in [-0.05, 0) is 42.0 Å². The third kappa shape index (κ3) is 8.35.